The number of rotatable bonds is 4. The third-order valence-corrected chi connectivity index (χ3v) is 3.28. The molecule has 2 heterocycles. The van der Waals surface area contributed by atoms with E-state index in [1.807, 2.05) is 0 Å². The number of fused-ring (bicyclic) bond motifs is 1. The molecular weight excluding hydrogens is 218 g/mol. The van der Waals surface area contributed by atoms with Gasteiger partial charge >= 0.3 is 0 Å². The monoisotopic (exact) mass is 235 g/mol. The Morgan fingerprint density at radius 1 is 1.62 bits per heavy atom. The normalized spacial score (nSPS) is 12.6. The van der Waals surface area contributed by atoms with E-state index in [1.165, 1.54) is 11.3 Å². The summed E-state index contributed by atoms with van der Waals surface area (Å²) in [6.07, 6.45) is 4.29. The highest BCUT2D eigenvalue weighted by Crippen LogP contribution is 2.18. The molecule has 4 heteroatoms. The Morgan fingerprint density at radius 2 is 2.44 bits per heavy atom. The highest BCUT2D eigenvalue weighted by atomic mass is 32.1. The van der Waals surface area contributed by atoms with Crippen LogP contribution in [0.15, 0.2) is 17.2 Å². The highest BCUT2D eigenvalue weighted by Gasteiger charge is 2.06. The average Bonchev–Trinajstić information content (AvgIpc) is 2.79. The van der Waals surface area contributed by atoms with Crippen molar-refractivity contribution in [1.82, 2.24) is 14.7 Å². The fourth-order valence-electron chi connectivity index (χ4n) is 1.69. The van der Waals surface area contributed by atoms with Crippen LogP contribution in [0.4, 0.5) is 0 Å². The van der Waals surface area contributed by atoms with Crippen LogP contribution in [0.2, 0.25) is 0 Å². The van der Waals surface area contributed by atoms with Crippen molar-refractivity contribution in [3.63, 3.8) is 0 Å². The van der Waals surface area contributed by atoms with Crippen molar-refractivity contribution in [3.8, 4) is 0 Å². The largest absolute Gasteiger partial charge is 0.313 e. The molecule has 0 aliphatic carbocycles. The molecule has 0 aromatic carbocycles. The van der Waals surface area contributed by atoms with Crippen LogP contribution >= 0.6 is 11.3 Å². The quantitative estimate of drug-likeness (QED) is 0.883. The van der Waals surface area contributed by atoms with Crippen molar-refractivity contribution >= 4 is 22.4 Å². The van der Waals surface area contributed by atoms with Gasteiger partial charge in [-0.05, 0) is 26.5 Å². The Labute approximate surface area is 99.8 Å². The van der Waals surface area contributed by atoms with Gasteiger partial charge < -0.3 is 5.32 Å². The summed E-state index contributed by atoms with van der Waals surface area (Å²) in [6.45, 7) is 8.27. The topological polar surface area (TPSA) is 29.3 Å². The molecule has 3 nitrogen and oxygen atoms in total. The van der Waals surface area contributed by atoms with Crippen LogP contribution in [0.5, 0.6) is 0 Å². The molecule has 0 bridgehead atoms. The third kappa shape index (κ3) is 2.18. The SMILES string of the molecule is CCNCC(C)=Cc1c(C)nc2sccn12. The Kier molecular flexibility index (Phi) is 3.41. The first-order valence-corrected chi connectivity index (χ1v) is 6.40. The molecule has 86 valence electrons. The number of likely N-dealkylation sites (N-methyl/N-ethyl adjacent to an activating group) is 1. The molecule has 0 radical (unpaired) electrons. The molecule has 0 saturated carbocycles. The van der Waals surface area contributed by atoms with E-state index < -0.39 is 0 Å². The van der Waals surface area contributed by atoms with Crippen LogP contribution in [0.25, 0.3) is 11.0 Å². The summed E-state index contributed by atoms with van der Waals surface area (Å²) in [7, 11) is 0. The van der Waals surface area contributed by atoms with Crippen LogP contribution in [0.3, 0.4) is 0 Å². The number of aryl methyl sites for hydroxylation is 1. The van der Waals surface area contributed by atoms with E-state index in [9.17, 15) is 0 Å². The summed E-state index contributed by atoms with van der Waals surface area (Å²) in [6, 6.07) is 0. The Hall–Kier alpha value is -1.13. The molecule has 2 aromatic heterocycles. The molecule has 16 heavy (non-hydrogen) atoms. The summed E-state index contributed by atoms with van der Waals surface area (Å²) >= 11 is 1.67. The fourth-order valence-corrected chi connectivity index (χ4v) is 2.46. The first-order valence-electron chi connectivity index (χ1n) is 5.52. The Morgan fingerprint density at radius 3 is 3.19 bits per heavy atom. The number of nitrogens with zero attached hydrogens (tertiary/aromatic N) is 2. The van der Waals surface area contributed by atoms with Crippen LogP contribution in [0.1, 0.15) is 25.2 Å². The van der Waals surface area contributed by atoms with Crippen molar-refractivity contribution in [3.05, 3.63) is 28.5 Å². The Balaban J connectivity index is 2.31. The fraction of sp³-hybridized carbons (Fsp3) is 0.417. The second-order valence-electron chi connectivity index (χ2n) is 3.91. The van der Waals surface area contributed by atoms with E-state index >= 15 is 0 Å². The average molecular weight is 235 g/mol. The van der Waals surface area contributed by atoms with Gasteiger partial charge in [-0.1, -0.05) is 12.5 Å². The van der Waals surface area contributed by atoms with Crippen molar-refractivity contribution in [2.24, 2.45) is 0 Å². The predicted octanol–water partition coefficient (Wildman–Crippen LogP) is 2.72. The predicted molar refractivity (Wildman–Crippen MR) is 70.0 cm³/mol. The maximum absolute atomic E-state index is 4.52. The molecule has 0 aliphatic heterocycles. The van der Waals surface area contributed by atoms with E-state index in [0.717, 1.165) is 23.7 Å². The van der Waals surface area contributed by atoms with Gasteiger partial charge in [0.25, 0.3) is 0 Å². The molecule has 0 fully saturated rings. The number of aromatic nitrogens is 2. The van der Waals surface area contributed by atoms with Gasteiger partial charge in [0.2, 0.25) is 0 Å². The summed E-state index contributed by atoms with van der Waals surface area (Å²) < 4.78 is 2.15. The molecule has 0 atom stereocenters. The lowest BCUT2D eigenvalue weighted by Gasteiger charge is -2.02. The van der Waals surface area contributed by atoms with Gasteiger partial charge in [-0.25, -0.2) is 4.98 Å². The van der Waals surface area contributed by atoms with Crippen LogP contribution in [-0.4, -0.2) is 22.5 Å². The smallest absolute Gasteiger partial charge is 0.194 e. The summed E-state index contributed by atoms with van der Waals surface area (Å²) in [4.78, 5) is 5.59. The molecule has 0 aliphatic rings. The minimum Gasteiger partial charge on any atom is -0.313 e. The van der Waals surface area contributed by atoms with Crippen molar-refractivity contribution < 1.29 is 0 Å². The Bertz CT molecular complexity index is 507. The van der Waals surface area contributed by atoms with Gasteiger partial charge in [0.05, 0.1) is 11.4 Å². The van der Waals surface area contributed by atoms with Gasteiger partial charge in [-0.2, -0.15) is 0 Å². The van der Waals surface area contributed by atoms with Gasteiger partial charge in [0.1, 0.15) is 0 Å². The summed E-state index contributed by atoms with van der Waals surface area (Å²) in [5.41, 5.74) is 3.63. The number of hydrogen-bond donors (Lipinski definition) is 1. The van der Waals surface area contributed by atoms with E-state index in [-0.39, 0.29) is 0 Å². The van der Waals surface area contributed by atoms with Gasteiger partial charge in [0, 0.05) is 18.1 Å². The molecule has 2 rings (SSSR count). The van der Waals surface area contributed by atoms with Crippen molar-refractivity contribution in [2.45, 2.75) is 20.8 Å². The second kappa shape index (κ2) is 4.80. The van der Waals surface area contributed by atoms with E-state index in [4.69, 9.17) is 0 Å². The first-order chi connectivity index (χ1) is 7.72. The minimum atomic E-state index is 0.938. The van der Waals surface area contributed by atoms with Gasteiger partial charge in [0.15, 0.2) is 4.96 Å². The van der Waals surface area contributed by atoms with Crippen LogP contribution in [0, 0.1) is 6.92 Å². The second-order valence-corrected chi connectivity index (χ2v) is 4.78. The van der Waals surface area contributed by atoms with Gasteiger partial charge in [-0.15, -0.1) is 11.3 Å². The highest BCUT2D eigenvalue weighted by molar-refractivity contribution is 7.15. The van der Waals surface area contributed by atoms with Crippen molar-refractivity contribution in [2.75, 3.05) is 13.1 Å². The van der Waals surface area contributed by atoms with Crippen LogP contribution in [-0.2, 0) is 0 Å². The number of imidazole rings is 1. The zero-order chi connectivity index (χ0) is 11.5. The number of hydrogen-bond acceptors (Lipinski definition) is 3. The molecule has 1 N–H and O–H groups in total. The molecule has 0 spiro atoms. The molecule has 0 saturated heterocycles. The standard InChI is InChI=1S/C12H17N3S/c1-4-13-8-9(2)7-11-10(3)14-12-15(11)5-6-16-12/h5-7,13H,4,8H2,1-3H3. The first kappa shape index (κ1) is 11.4. The van der Waals surface area contributed by atoms with E-state index in [0.29, 0.717) is 0 Å². The lowest BCUT2D eigenvalue weighted by molar-refractivity contribution is 0.778. The maximum atomic E-state index is 4.52. The summed E-state index contributed by atoms with van der Waals surface area (Å²) in [5.74, 6) is 0. The minimum absolute atomic E-state index is 0.938. The third-order valence-electron chi connectivity index (χ3n) is 2.52. The molecule has 0 unspecified atom stereocenters. The molecular formula is C12H17N3S. The lowest BCUT2D eigenvalue weighted by atomic mass is 10.2. The lowest BCUT2D eigenvalue weighted by Crippen LogP contribution is -2.14. The maximum Gasteiger partial charge on any atom is 0.194 e. The van der Waals surface area contributed by atoms with Crippen LogP contribution < -0.4 is 5.32 Å². The molecule has 2 aromatic rings. The number of thiazole rings is 1. The zero-order valence-electron chi connectivity index (χ0n) is 9.95. The molecule has 0 amide bonds. The van der Waals surface area contributed by atoms with Crippen molar-refractivity contribution in [1.29, 1.82) is 0 Å². The van der Waals surface area contributed by atoms with E-state index in [2.05, 4.69) is 53.1 Å². The summed E-state index contributed by atoms with van der Waals surface area (Å²) in [5, 5.41) is 5.39. The van der Waals surface area contributed by atoms with E-state index in [1.54, 1.807) is 11.3 Å². The van der Waals surface area contributed by atoms with Gasteiger partial charge in [-0.3, -0.25) is 4.40 Å². The number of nitrogens with one attached hydrogen (secondary N) is 1. The zero-order valence-corrected chi connectivity index (χ0v) is 10.8.